The molecule has 4 nitrogen and oxygen atoms in total. The Hall–Kier alpha value is -2.20. The summed E-state index contributed by atoms with van der Waals surface area (Å²) in [5.74, 6) is 0.746. The van der Waals surface area contributed by atoms with Crippen molar-refractivity contribution in [2.75, 3.05) is 6.61 Å². The van der Waals surface area contributed by atoms with Crippen molar-refractivity contribution in [3.05, 3.63) is 59.1 Å². The van der Waals surface area contributed by atoms with Crippen molar-refractivity contribution < 1.29 is 19.0 Å². The molecule has 0 amide bonds. The van der Waals surface area contributed by atoms with Crippen molar-refractivity contribution in [1.29, 1.82) is 0 Å². The van der Waals surface area contributed by atoms with Crippen LogP contribution in [0.15, 0.2) is 48.5 Å². The second-order valence-corrected chi connectivity index (χ2v) is 5.03. The molecule has 0 unspecified atom stereocenters. The minimum Gasteiger partial charge on any atom is -0.485 e. The molecule has 1 heterocycles. The van der Waals surface area contributed by atoms with Gasteiger partial charge < -0.3 is 14.2 Å². The number of esters is 1. The number of carbonyl (C=O) groups is 1. The van der Waals surface area contributed by atoms with E-state index in [9.17, 15) is 4.79 Å². The normalized spacial score (nSPS) is 16.3. The molecule has 0 N–H and O–H groups in total. The Kier molecular flexibility index (Phi) is 3.97. The van der Waals surface area contributed by atoms with E-state index < -0.39 is 12.1 Å². The first-order chi connectivity index (χ1) is 10.2. The van der Waals surface area contributed by atoms with Gasteiger partial charge in [0, 0.05) is 5.02 Å². The van der Waals surface area contributed by atoms with Crippen LogP contribution in [0.25, 0.3) is 0 Å². The Morgan fingerprint density at radius 2 is 1.86 bits per heavy atom. The van der Waals surface area contributed by atoms with Gasteiger partial charge in [0.2, 0.25) is 6.10 Å². The Morgan fingerprint density at radius 1 is 1.14 bits per heavy atom. The quantitative estimate of drug-likeness (QED) is 0.817. The Balaban J connectivity index is 1.58. The molecule has 21 heavy (non-hydrogen) atoms. The van der Waals surface area contributed by atoms with Gasteiger partial charge in [-0.2, -0.15) is 0 Å². The summed E-state index contributed by atoms with van der Waals surface area (Å²) in [7, 11) is 0. The third-order valence-corrected chi connectivity index (χ3v) is 3.32. The van der Waals surface area contributed by atoms with Gasteiger partial charge in [-0.25, -0.2) is 4.79 Å². The molecule has 0 saturated heterocycles. The van der Waals surface area contributed by atoms with Gasteiger partial charge in [-0.05, 0) is 29.8 Å². The molecule has 0 saturated carbocycles. The van der Waals surface area contributed by atoms with Gasteiger partial charge in [-0.15, -0.1) is 0 Å². The lowest BCUT2D eigenvalue weighted by molar-refractivity contribution is -0.155. The van der Waals surface area contributed by atoms with Gasteiger partial charge in [0.15, 0.2) is 11.5 Å². The van der Waals surface area contributed by atoms with Crippen LogP contribution in [0.2, 0.25) is 5.02 Å². The maximum Gasteiger partial charge on any atom is 0.351 e. The van der Waals surface area contributed by atoms with Crippen molar-refractivity contribution in [1.82, 2.24) is 0 Å². The zero-order chi connectivity index (χ0) is 14.7. The third kappa shape index (κ3) is 3.28. The first kappa shape index (κ1) is 13.8. The number of para-hydroxylation sites is 2. The van der Waals surface area contributed by atoms with E-state index >= 15 is 0 Å². The minimum absolute atomic E-state index is 0.149. The Labute approximate surface area is 127 Å². The lowest BCUT2D eigenvalue weighted by atomic mass is 10.2. The van der Waals surface area contributed by atoms with Crippen LogP contribution in [-0.4, -0.2) is 18.7 Å². The van der Waals surface area contributed by atoms with Crippen LogP contribution < -0.4 is 9.47 Å². The SMILES string of the molecule is O=C(OCc1ccc(Cl)cc1)[C@@H]1COc2ccccc2O1. The van der Waals surface area contributed by atoms with Crippen LogP contribution in [0, 0.1) is 0 Å². The number of ether oxygens (including phenoxy) is 3. The van der Waals surface area contributed by atoms with Crippen LogP contribution in [0.5, 0.6) is 11.5 Å². The molecule has 2 aromatic rings. The van der Waals surface area contributed by atoms with E-state index in [0.29, 0.717) is 16.5 Å². The molecule has 3 rings (SSSR count). The average Bonchev–Trinajstić information content (AvgIpc) is 2.53. The smallest absolute Gasteiger partial charge is 0.351 e. The van der Waals surface area contributed by atoms with E-state index in [1.807, 2.05) is 24.3 Å². The molecular formula is C16H13ClO4. The third-order valence-electron chi connectivity index (χ3n) is 3.07. The van der Waals surface area contributed by atoms with Gasteiger partial charge in [0.25, 0.3) is 0 Å². The van der Waals surface area contributed by atoms with E-state index in [-0.39, 0.29) is 13.2 Å². The summed E-state index contributed by atoms with van der Waals surface area (Å²) >= 11 is 5.80. The van der Waals surface area contributed by atoms with E-state index in [2.05, 4.69) is 0 Å². The molecule has 5 heteroatoms. The summed E-state index contributed by atoms with van der Waals surface area (Å²) in [6.07, 6.45) is -0.743. The molecule has 0 bridgehead atoms. The van der Waals surface area contributed by atoms with E-state index in [0.717, 1.165) is 5.56 Å². The maximum absolute atomic E-state index is 12.0. The van der Waals surface area contributed by atoms with Gasteiger partial charge in [0.05, 0.1) is 0 Å². The second kappa shape index (κ2) is 6.06. The molecule has 1 aliphatic heterocycles. The molecule has 0 radical (unpaired) electrons. The van der Waals surface area contributed by atoms with Crippen LogP contribution >= 0.6 is 11.6 Å². The lowest BCUT2D eigenvalue weighted by Gasteiger charge is -2.24. The highest BCUT2D eigenvalue weighted by atomic mass is 35.5. The predicted molar refractivity (Wildman–Crippen MR) is 77.6 cm³/mol. The van der Waals surface area contributed by atoms with Gasteiger partial charge >= 0.3 is 5.97 Å². The van der Waals surface area contributed by atoms with Crippen LogP contribution in [-0.2, 0) is 16.1 Å². The summed E-state index contributed by atoms with van der Waals surface area (Å²) in [4.78, 5) is 12.0. The summed E-state index contributed by atoms with van der Waals surface area (Å²) in [5, 5.41) is 0.644. The first-order valence-corrected chi connectivity index (χ1v) is 6.90. The first-order valence-electron chi connectivity index (χ1n) is 6.52. The zero-order valence-electron chi connectivity index (χ0n) is 11.1. The summed E-state index contributed by atoms with van der Waals surface area (Å²) < 4.78 is 16.3. The van der Waals surface area contributed by atoms with Crippen molar-refractivity contribution in [2.45, 2.75) is 12.7 Å². The number of fused-ring (bicyclic) bond motifs is 1. The van der Waals surface area contributed by atoms with Crippen LogP contribution in [0.3, 0.4) is 0 Å². The standard InChI is InChI=1S/C16H13ClO4/c17-12-7-5-11(6-8-12)9-20-16(18)15-10-19-13-3-1-2-4-14(13)21-15/h1-8,15H,9-10H2/t15-/m0/s1. The van der Waals surface area contributed by atoms with Crippen LogP contribution in [0.4, 0.5) is 0 Å². The summed E-state index contributed by atoms with van der Waals surface area (Å²) in [5.41, 5.74) is 0.866. The number of hydrogen-bond donors (Lipinski definition) is 0. The minimum atomic E-state index is -0.743. The summed E-state index contributed by atoms with van der Waals surface area (Å²) in [6.45, 7) is 0.327. The Morgan fingerprint density at radius 3 is 2.62 bits per heavy atom. The molecule has 1 atom stereocenters. The van der Waals surface area contributed by atoms with E-state index in [4.69, 9.17) is 25.8 Å². The van der Waals surface area contributed by atoms with Gasteiger partial charge in [0.1, 0.15) is 13.2 Å². The largest absolute Gasteiger partial charge is 0.485 e. The molecule has 0 fully saturated rings. The number of carbonyl (C=O) groups excluding carboxylic acids is 1. The predicted octanol–water partition coefficient (Wildman–Crippen LogP) is 3.22. The fourth-order valence-electron chi connectivity index (χ4n) is 1.96. The highest BCUT2D eigenvalue weighted by Gasteiger charge is 2.28. The number of benzene rings is 2. The van der Waals surface area contributed by atoms with Gasteiger partial charge in [-0.1, -0.05) is 35.9 Å². The van der Waals surface area contributed by atoms with Crippen molar-refractivity contribution >= 4 is 17.6 Å². The van der Waals surface area contributed by atoms with Gasteiger partial charge in [-0.3, -0.25) is 0 Å². The van der Waals surface area contributed by atoms with Crippen molar-refractivity contribution in [3.63, 3.8) is 0 Å². The molecule has 2 aromatic carbocycles. The summed E-state index contributed by atoms with van der Waals surface area (Å²) in [6, 6.07) is 14.3. The zero-order valence-corrected chi connectivity index (χ0v) is 11.9. The fraction of sp³-hybridized carbons (Fsp3) is 0.188. The van der Waals surface area contributed by atoms with E-state index in [1.54, 1.807) is 24.3 Å². The molecule has 1 aliphatic rings. The topological polar surface area (TPSA) is 44.8 Å². The van der Waals surface area contributed by atoms with Crippen molar-refractivity contribution in [2.24, 2.45) is 0 Å². The monoisotopic (exact) mass is 304 g/mol. The molecule has 0 aromatic heterocycles. The molecular weight excluding hydrogens is 292 g/mol. The molecule has 0 aliphatic carbocycles. The Bertz CT molecular complexity index is 639. The average molecular weight is 305 g/mol. The fourth-order valence-corrected chi connectivity index (χ4v) is 2.09. The number of halogens is 1. The highest BCUT2D eigenvalue weighted by molar-refractivity contribution is 6.30. The van der Waals surface area contributed by atoms with Crippen molar-refractivity contribution in [3.8, 4) is 11.5 Å². The molecule has 0 spiro atoms. The maximum atomic E-state index is 12.0. The van der Waals surface area contributed by atoms with E-state index in [1.165, 1.54) is 0 Å². The number of rotatable bonds is 3. The molecule has 108 valence electrons. The number of hydrogen-bond acceptors (Lipinski definition) is 4. The van der Waals surface area contributed by atoms with Crippen LogP contribution in [0.1, 0.15) is 5.56 Å². The highest BCUT2D eigenvalue weighted by Crippen LogP contribution is 2.31. The lowest BCUT2D eigenvalue weighted by Crippen LogP contribution is -2.37. The second-order valence-electron chi connectivity index (χ2n) is 4.60.